The van der Waals surface area contributed by atoms with Gasteiger partial charge in [0, 0.05) is 7.11 Å². The Balaban J connectivity index is 1.92. The Kier molecular flexibility index (Phi) is 13.7. The van der Waals surface area contributed by atoms with Gasteiger partial charge in [0.1, 0.15) is 0 Å². The van der Waals surface area contributed by atoms with E-state index in [4.69, 9.17) is 4.74 Å². The lowest BCUT2D eigenvalue weighted by molar-refractivity contribution is 0.100. The zero-order valence-electron chi connectivity index (χ0n) is 28.3. The van der Waals surface area contributed by atoms with Gasteiger partial charge >= 0.3 is 0 Å². The quantitative estimate of drug-likeness (QED) is 0.240. The van der Waals surface area contributed by atoms with Gasteiger partial charge in [0.2, 0.25) is 0 Å². The summed E-state index contributed by atoms with van der Waals surface area (Å²) in [7, 11) is 1.79. The van der Waals surface area contributed by atoms with E-state index in [0.717, 1.165) is 6.42 Å². The second-order valence-corrected chi connectivity index (χ2v) is 13.3. The smallest absolute Gasteiger partial charge is 0.0766 e. The van der Waals surface area contributed by atoms with E-state index >= 15 is 0 Å². The summed E-state index contributed by atoms with van der Waals surface area (Å²) in [5, 5.41) is 0. The Hall–Kier alpha value is -3.16. The predicted octanol–water partition coefficient (Wildman–Crippen LogP) is 12.0. The van der Waals surface area contributed by atoms with Crippen LogP contribution < -0.4 is 0 Å². The maximum atomic E-state index is 5.59. The van der Waals surface area contributed by atoms with Crippen molar-refractivity contribution in [3.05, 3.63) is 142 Å². The summed E-state index contributed by atoms with van der Waals surface area (Å²) >= 11 is 0. The van der Waals surface area contributed by atoms with E-state index in [0.29, 0.717) is 0 Å². The first-order valence-electron chi connectivity index (χ1n) is 15.5. The summed E-state index contributed by atoms with van der Waals surface area (Å²) < 4.78 is 5.59. The Labute approximate surface area is 258 Å². The Morgan fingerprint density at radius 2 is 1.12 bits per heavy atom. The number of hydrogen-bond donors (Lipinski definition) is 0. The average molecular weight is 565 g/mol. The third-order valence-electron chi connectivity index (χ3n) is 8.27. The summed E-state index contributed by atoms with van der Waals surface area (Å²) in [5.41, 5.74) is 10.9. The average Bonchev–Trinajstić information content (AvgIpc) is 2.89. The van der Waals surface area contributed by atoms with E-state index in [-0.39, 0.29) is 16.9 Å². The molecule has 42 heavy (non-hydrogen) atoms. The molecule has 226 valence electrons. The lowest BCUT2D eigenvalue weighted by Crippen LogP contribution is -2.28. The Morgan fingerprint density at radius 1 is 0.667 bits per heavy atom. The van der Waals surface area contributed by atoms with Crippen molar-refractivity contribution < 1.29 is 4.74 Å². The highest BCUT2D eigenvalue weighted by Crippen LogP contribution is 2.41. The van der Waals surface area contributed by atoms with Gasteiger partial charge in [-0.3, -0.25) is 0 Å². The first kappa shape index (κ1) is 35.0. The van der Waals surface area contributed by atoms with Crippen LogP contribution in [0.1, 0.15) is 88.5 Å². The van der Waals surface area contributed by atoms with E-state index in [1.165, 1.54) is 57.4 Å². The zero-order valence-corrected chi connectivity index (χ0v) is 28.3. The van der Waals surface area contributed by atoms with Crippen LogP contribution >= 0.6 is 0 Å². The molecular formula is C41H56O. The lowest BCUT2D eigenvalue weighted by Gasteiger charge is -2.36. The van der Waals surface area contributed by atoms with Gasteiger partial charge in [-0.1, -0.05) is 153 Å². The van der Waals surface area contributed by atoms with Crippen molar-refractivity contribution in [2.75, 3.05) is 7.11 Å². The van der Waals surface area contributed by atoms with Crippen molar-refractivity contribution in [1.82, 2.24) is 0 Å². The van der Waals surface area contributed by atoms with Gasteiger partial charge in [0.05, 0.1) is 6.10 Å². The fourth-order valence-electron chi connectivity index (χ4n) is 5.64. The fourth-order valence-corrected chi connectivity index (χ4v) is 5.64. The number of rotatable bonds is 10. The molecule has 0 saturated heterocycles. The van der Waals surface area contributed by atoms with Gasteiger partial charge in [0.15, 0.2) is 0 Å². The van der Waals surface area contributed by atoms with Crippen molar-refractivity contribution in [1.29, 1.82) is 0 Å². The maximum Gasteiger partial charge on any atom is 0.0766 e. The molecule has 0 aromatic rings. The van der Waals surface area contributed by atoms with Crippen LogP contribution in [-0.4, -0.2) is 13.2 Å². The predicted molar refractivity (Wildman–Crippen MR) is 187 cm³/mol. The van der Waals surface area contributed by atoms with Crippen LogP contribution in [0.3, 0.4) is 0 Å². The first-order valence-corrected chi connectivity index (χ1v) is 15.5. The molecule has 0 radical (unpaired) electrons. The van der Waals surface area contributed by atoms with Crippen LogP contribution in [0.15, 0.2) is 142 Å². The van der Waals surface area contributed by atoms with Gasteiger partial charge in [-0.05, 0) is 88.4 Å². The number of hydrogen-bond acceptors (Lipinski definition) is 1. The highest BCUT2D eigenvalue weighted by atomic mass is 16.5. The zero-order chi connectivity index (χ0) is 31.3. The minimum atomic E-state index is 0.107. The SMILES string of the molecule is COC1C=C(C)\C(=C/C=C(C)/C=C/C=C(C)/C=C/C=C/C(C)=C/C=C/C(C)=C/C=C2\C(C)=CCCC2(C)C)C(C)(C)C1. The molecule has 0 amide bonds. The summed E-state index contributed by atoms with van der Waals surface area (Å²) in [6.07, 6.45) is 38.6. The minimum Gasteiger partial charge on any atom is -0.377 e. The summed E-state index contributed by atoms with van der Waals surface area (Å²) in [6.45, 7) is 22.3. The van der Waals surface area contributed by atoms with Crippen molar-refractivity contribution >= 4 is 0 Å². The van der Waals surface area contributed by atoms with Crippen LogP contribution in [0.4, 0.5) is 0 Å². The number of ether oxygens (including phenoxy) is 1. The minimum absolute atomic E-state index is 0.107. The Bertz CT molecular complexity index is 1310. The molecule has 2 aliphatic carbocycles. The normalized spacial score (nSPS) is 24.6. The highest BCUT2D eigenvalue weighted by Gasteiger charge is 2.31. The molecule has 0 N–H and O–H groups in total. The molecule has 2 aliphatic rings. The number of allylic oxidation sites excluding steroid dienone is 23. The van der Waals surface area contributed by atoms with E-state index in [1.807, 2.05) is 0 Å². The fraction of sp³-hybridized carbons (Fsp3) is 0.415. The van der Waals surface area contributed by atoms with Crippen LogP contribution in [0, 0.1) is 10.8 Å². The van der Waals surface area contributed by atoms with Gasteiger partial charge in [-0.25, -0.2) is 0 Å². The molecule has 1 unspecified atom stereocenters. The summed E-state index contributed by atoms with van der Waals surface area (Å²) in [6, 6.07) is 0. The van der Waals surface area contributed by atoms with Gasteiger partial charge in [-0.2, -0.15) is 0 Å². The second-order valence-electron chi connectivity index (χ2n) is 13.3. The van der Waals surface area contributed by atoms with Crippen molar-refractivity contribution in [3.63, 3.8) is 0 Å². The second kappa shape index (κ2) is 16.5. The third kappa shape index (κ3) is 11.6. The van der Waals surface area contributed by atoms with Crippen LogP contribution in [0.25, 0.3) is 0 Å². The maximum absolute atomic E-state index is 5.59. The van der Waals surface area contributed by atoms with Crippen LogP contribution in [0.2, 0.25) is 0 Å². The van der Waals surface area contributed by atoms with Gasteiger partial charge in [0.25, 0.3) is 0 Å². The highest BCUT2D eigenvalue weighted by molar-refractivity contribution is 5.43. The monoisotopic (exact) mass is 564 g/mol. The molecule has 0 aromatic carbocycles. The molecule has 2 rings (SSSR count). The van der Waals surface area contributed by atoms with Crippen LogP contribution in [0.5, 0.6) is 0 Å². The molecule has 0 fully saturated rings. The molecule has 1 nitrogen and oxygen atoms in total. The Morgan fingerprint density at radius 3 is 1.57 bits per heavy atom. The molecule has 0 aromatic heterocycles. The topological polar surface area (TPSA) is 9.23 Å². The summed E-state index contributed by atoms with van der Waals surface area (Å²) in [5.74, 6) is 0. The van der Waals surface area contributed by atoms with Crippen molar-refractivity contribution in [2.45, 2.75) is 94.6 Å². The third-order valence-corrected chi connectivity index (χ3v) is 8.27. The molecule has 0 spiro atoms. The molecular weight excluding hydrogens is 508 g/mol. The van der Waals surface area contributed by atoms with Crippen molar-refractivity contribution in [3.8, 4) is 0 Å². The molecule has 0 aliphatic heterocycles. The van der Waals surface area contributed by atoms with Crippen LogP contribution in [-0.2, 0) is 4.74 Å². The molecule has 0 bridgehead atoms. The summed E-state index contributed by atoms with van der Waals surface area (Å²) in [4.78, 5) is 0. The molecule has 1 heteroatoms. The molecule has 0 heterocycles. The number of methoxy groups -OCH3 is 1. The van der Waals surface area contributed by atoms with E-state index < -0.39 is 0 Å². The first-order chi connectivity index (χ1) is 19.7. The van der Waals surface area contributed by atoms with E-state index in [1.54, 1.807) is 7.11 Å². The lowest BCUT2D eigenvalue weighted by atomic mass is 9.72. The van der Waals surface area contributed by atoms with Gasteiger partial charge < -0.3 is 4.74 Å². The largest absolute Gasteiger partial charge is 0.377 e. The van der Waals surface area contributed by atoms with E-state index in [2.05, 4.69) is 166 Å². The van der Waals surface area contributed by atoms with E-state index in [9.17, 15) is 0 Å². The van der Waals surface area contributed by atoms with Gasteiger partial charge in [-0.15, -0.1) is 0 Å². The molecule has 1 atom stereocenters. The standard InChI is InChI=1S/C41H56O/c1-31(19-14-21-33(3)24-26-38-35(5)23-16-28-40(38,7)8)17-12-13-18-32(2)20-15-22-34(4)25-27-39-36(6)29-37(42-11)30-41(39,9)10/h12-15,17-27,29,37H,16,28,30H2,1-11H3/b17-12+,18-13+,21-14+,22-15+,31-19+,32-20+,33-24+,34-25+,38-26+,39-27+. The molecule has 0 saturated carbocycles. The van der Waals surface area contributed by atoms with Crippen molar-refractivity contribution in [2.24, 2.45) is 10.8 Å².